The smallest absolute Gasteiger partial charge is 0.308 e. The number of nitrogens with zero attached hydrogens (tertiary/aromatic N) is 1. The monoisotopic (exact) mass is 256 g/mol. The van der Waals surface area contributed by atoms with E-state index in [2.05, 4.69) is 10.3 Å². The highest BCUT2D eigenvalue weighted by molar-refractivity contribution is 6.30. The van der Waals surface area contributed by atoms with E-state index < -0.39 is 23.8 Å². The molecule has 0 aromatic carbocycles. The summed E-state index contributed by atoms with van der Waals surface area (Å²) < 4.78 is 0. The molecular weight excluding hydrogens is 244 g/mol. The molecule has 1 aromatic heterocycles. The Morgan fingerprint density at radius 2 is 2.12 bits per heavy atom. The molecule has 1 rings (SSSR count). The predicted octanol–water partition coefficient (Wildman–Crippen LogP) is 1.57. The first-order chi connectivity index (χ1) is 7.91. The van der Waals surface area contributed by atoms with Crippen molar-refractivity contribution in [3.63, 3.8) is 0 Å². The van der Waals surface area contributed by atoms with E-state index in [0.29, 0.717) is 5.02 Å². The van der Waals surface area contributed by atoms with E-state index in [-0.39, 0.29) is 5.69 Å². The van der Waals surface area contributed by atoms with Crippen molar-refractivity contribution in [1.82, 2.24) is 10.3 Å². The molecule has 2 N–H and O–H groups in total. The fraction of sp³-hybridized carbons (Fsp3) is 0.364. The summed E-state index contributed by atoms with van der Waals surface area (Å²) in [4.78, 5) is 26.3. The largest absolute Gasteiger partial charge is 0.481 e. The number of rotatable bonds is 4. The van der Waals surface area contributed by atoms with Gasteiger partial charge in [0.1, 0.15) is 5.69 Å². The van der Waals surface area contributed by atoms with Crippen molar-refractivity contribution in [1.29, 1.82) is 0 Å². The van der Waals surface area contributed by atoms with Crippen molar-refractivity contribution in [2.45, 2.75) is 19.9 Å². The van der Waals surface area contributed by atoms with Crippen molar-refractivity contribution in [3.05, 3.63) is 29.0 Å². The van der Waals surface area contributed by atoms with Gasteiger partial charge in [0.15, 0.2) is 0 Å². The number of carboxylic acids is 1. The fourth-order valence-corrected chi connectivity index (χ4v) is 1.31. The Bertz CT molecular complexity index is 436. The van der Waals surface area contributed by atoms with Crippen molar-refractivity contribution < 1.29 is 14.7 Å². The molecule has 0 bridgehead atoms. The Morgan fingerprint density at radius 1 is 1.47 bits per heavy atom. The summed E-state index contributed by atoms with van der Waals surface area (Å²) in [7, 11) is 0. The predicted molar refractivity (Wildman–Crippen MR) is 63.0 cm³/mol. The van der Waals surface area contributed by atoms with Crippen LogP contribution in [0.25, 0.3) is 0 Å². The lowest BCUT2D eigenvalue weighted by Crippen LogP contribution is -2.40. The lowest BCUT2D eigenvalue weighted by molar-refractivity contribution is -0.141. The SMILES string of the molecule is CC(NC(=O)c1cc(Cl)ccn1)C(C)C(=O)O. The molecule has 0 aliphatic rings. The topological polar surface area (TPSA) is 79.3 Å². The first kappa shape index (κ1) is 13.4. The molecule has 17 heavy (non-hydrogen) atoms. The molecule has 1 aromatic rings. The molecule has 0 fully saturated rings. The highest BCUT2D eigenvalue weighted by Gasteiger charge is 2.21. The van der Waals surface area contributed by atoms with E-state index in [1.807, 2.05) is 0 Å². The summed E-state index contributed by atoms with van der Waals surface area (Å²) in [6.07, 6.45) is 1.42. The summed E-state index contributed by atoms with van der Waals surface area (Å²) in [5.41, 5.74) is 0.168. The molecule has 5 nitrogen and oxygen atoms in total. The van der Waals surface area contributed by atoms with Gasteiger partial charge < -0.3 is 10.4 Å². The average molecular weight is 257 g/mol. The molecule has 0 aliphatic carbocycles. The number of aromatic nitrogens is 1. The van der Waals surface area contributed by atoms with Crippen LogP contribution in [0.1, 0.15) is 24.3 Å². The number of amides is 1. The molecule has 92 valence electrons. The van der Waals surface area contributed by atoms with Crippen LogP contribution in [0, 0.1) is 5.92 Å². The minimum Gasteiger partial charge on any atom is -0.481 e. The quantitative estimate of drug-likeness (QED) is 0.857. The molecule has 2 unspecified atom stereocenters. The summed E-state index contributed by atoms with van der Waals surface area (Å²) >= 11 is 5.72. The molecule has 0 radical (unpaired) electrons. The highest BCUT2D eigenvalue weighted by Crippen LogP contribution is 2.09. The normalized spacial score (nSPS) is 13.8. The van der Waals surface area contributed by atoms with E-state index in [1.165, 1.54) is 19.2 Å². The number of pyridine rings is 1. The summed E-state index contributed by atoms with van der Waals surface area (Å²) in [5.74, 6) is -2.07. The Kier molecular flexibility index (Phi) is 4.45. The number of carbonyl (C=O) groups excluding carboxylic acids is 1. The van der Waals surface area contributed by atoms with Gasteiger partial charge in [-0.1, -0.05) is 11.6 Å². The summed E-state index contributed by atoms with van der Waals surface area (Å²) in [6, 6.07) is 2.50. The third-order valence-corrected chi connectivity index (χ3v) is 2.69. The molecule has 0 aliphatic heterocycles. The third kappa shape index (κ3) is 3.71. The molecule has 0 spiro atoms. The standard InChI is InChI=1S/C11H13ClN2O3/c1-6(11(16)17)7(2)14-10(15)9-5-8(12)3-4-13-9/h3-7H,1-2H3,(H,14,15)(H,16,17). The van der Waals surface area contributed by atoms with Crippen molar-refractivity contribution in [3.8, 4) is 0 Å². The Morgan fingerprint density at radius 3 is 2.65 bits per heavy atom. The summed E-state index contributed by atoms with van der Waals surface area (Å²) in [6.45, 7) is 3.15. The van der Waals surface area contributed by atoms with Gasteiger partial charge in [0, 0.05) is 17.3 Å². The molecule has 6 heteroatoms. The van der Waals surface area contributed by atoms with Gasteiger partial charge in [-0.15, -0.1) is 0 Å². The zero-order valence-electron chi connectivity index (χ0n) is 9.48. The van der Waals surface area contributed by atoms with Crippen molar-refractivity contribution in [2.75, 3.05) is 0 Å². The van der Waals surface area contributed by atoms with Crippen LogP contribution in [-0.2, 0) is 4.79 Å². The van der Waals surface area contributed by atoms with Gasteiger partial charge >= 0.3 is 5.97 Å². The van der Waals surface area contributed by atoms with E-state index in [9.17, 15) is 9.59 Å². The second kappa shape index (κ2) is 5.63. The van der Waals surface area contributed by atoms with Crippen LogP contribution in [-0.4, -0.2) is 28.0 Å². The van der Waals surface area contributed by atoms with Crippen LogP contribution in [0.4, 0.5) is 0 Å². The van der Waals surface area contributed by atoms with Gasteiger partial charge in [0.25, 0.3) is 5.91 Å². The highest BCUT2D eigenvalue weighted by atomic mass is 35.5. The van der Waals surface area contributed by atoms with E-state index in [0.717, 1.165) is 0 Å². The zero-order valence-corrected chi connectivity index (χ0v) is 10.2. The number of nitrogens with one attached hydrogen (secondary N) is 1. The molecule has 0 saturated carbocycles. The minimum atomic E-state index is -0.961. The molecule has 2 atom stereocenters. The lowest BCUT2D eigenvalue weighted by atomic mass is 10.0. The average Bonchev–Trinajstić information content (AvgIpc) is 2.27. The maximum atomic E-state index is 11.7. The van der Waals surface area contributed by atoms with Crippen LogP contribution < -0.4 is 5.32 Å². The number of halogens is 1. The van der Waals surface area contributed by atoms with Gasteiger partial charge in [-0.25, -0.2) is 0 Å². The lowest BCUT2D eigenvalue weighted by Gasteiger charge is -2.17. The second-order valence-electron chi connectivity index (χ2n) is 3.75. The fourth-order valence-electron chi connectivity index (χ4n) is 1.15. The third-order valence-electron chi connectivity index (χ3n) is 2.45. The summed E-state index contributed by atoms with van der Waals surface area (Å²) in [5, 5.41) is 11.8. The van der Waals surface area contributed by atoms with Crippen LogP contribution in [0.3, 0.4) is 0 Å². The number of carbonyl (C=O) groups is 2. The van der Waals surface area contributed by atoms with Crippen molar-refractivity contribution >= 4 is 23.5 Å². The first-order valence-electron chi connectivity index (χ1n) is 5.07. The van der Waals surface area contributed by atoms with E-state index >= 15 is 0 Å². The number of hydrogen-bond donors (Lipinski definition) is 2. The Balaban J connectivity index is 2.70. The van der Waals surface area contributed by atoms with Crippen LogP contribution >= 0.6 is 11.6 Å². The van der Waals surface area contributed by atoms with Gasteiger partial charge in [0.05, 0.1) is 5.92 Å². The van der Waals surface area contributed by atoms with Gasteiger partial charge in [0.2, 0.25) is 0 Å². The number of hydrogen-bond acceptors (Lipinski definition) is 3. The molecule has 1 heterocycles. The first-order valence-corrected chi connectivity index (χ1v) is 5.45. The number of carboxylic acid groups (broad SMARTS) is 1. The Hall–Kier alpha value is -1.62. The molecular formula is C11H13ClN2O3. The molecule has 0 saturated heterocycles. The Labute approximate surface area is 104 Å². The maximum Gasteiger partial charge on any atom is 0.308 e. The second-order valence-corrected chi connectivity index (χ2v) is 4.18. The molecule has 1 amide bonds. The minimum absolute atomic E-state index is 0.168. The van der Waals surface area contributed by atoms with Gasteiger partial charge in [-0.2, -0.15) is 0 Å². The van der Waals surface area contributed by atoms with Gasteiger partial charge in [-0.3, -0.25) is 14.6 Å². The van der Waals surface area contributed by atoms with Gasteiger partial charge in [-0.05, 0) is 26.0 Å². The van der Waals surface area contributed by atoms with E-state index in [4.69, 9.17) is 16.7 Å². The van der Waals surface area contributed by atoms with Crippen molar-refractivity contribution in [2.24, 2.45) is 5.92 Å². The maximum absolute atomic E-state index is 11.7. The number of aliphatic carboxylic acids is 1. The van der Waals surface area contributed by atoms with Crippen LogP contribution in [0.2, 0.25) is 5.02 Å². The van der Waals surface area contributed by atoms with Crippen LogP contribution in [0.5, 0.6) is 0 Å². The van der Waals surface area contributed by atoms with E-state index in [1.54, 1.807) is 13.0 Å². The van der Waals surface area contributed by atoms with Crippen LogP contribution in [0.15, 0.2) is 18.3 Å². The zero-order chi connectivity index (χ0) is 13.0.